The quantitative estimate of drug-likeness (QED) is 0.540. The van der Waals surface area contributed by atoms with Crippen molar-refractivity contribution in [2.24, 2.45) is 10.9 Å². The average Bonchev–Trinajstić information content (AvgIpc) is 3.17. The summed E-state index contributed by atoms with van der Waals surface area (Å²) in [6.45, 7) is 5.13. The zero-order valence-electron chi connectivity index (χ0n) is 17.2. The highest BCUT2D eigenvalue weighted by Gasteiger charge is 2.26. The van der Waals surface area contributed by atoms with Gasteiger partial charge in [0.15, 0.2) is 0 Å². The van der Waals surface area contributed by atoms with Crippen LogP contribution in [0.25, 0.3) is 0 Å². The number of aliphatic imine (C=N–C) groups is 1. The van der Waals surface area contributed by atoms with E-state index in [0.717, 1.165) is 28.5 Å². The first-order valence-electron chi connectivity index (χ1n) is 10.3. The third-order valence-corrected chi connectivity index (χ3v) is 7.63. The molecular weight excluding hydrogens is 430 g/mol. The molecule has 5 heteroatoms. The summed E-state index contributed by atoms with van der Waals surface area (Å²) in [5.41, 5.74) is 4.00. The van der Waals surface area contributed by atoms with Gasteiger partial charge in [0.1, 0.15) is 5.84 Å². The van der Waals surface area contributed by atoms with Crippen molar-refractivity contribution in [2.75, 3.05) is 19.3 Å². The van der Waals surface area contributed by atoms with Crippen molar-refractivity contribution in [3.63, 3.8) is 0 Å². The van der Waals surface area contributed by atoms with E-state index >= 15 is 0 Å². The number of nitrogens with zero attached hydrogens (tertiary/aromatic N) is 2. The standard InChI is InChI=1S/C23H32BrN3S/c1-4-25-23-22(13-14-26-23)17(2)27(3)21-11-7-19(8-12-21)16-28-15-18-5-9-20(24)10-6-18/h5-6,9-10,13-14,19,21H,4,7-8,11-12,15-16H2,1-3H3,(H,25,26)/b22-17+. The molecule has 28 heavy (non-hydrogen) atoms. The second-order valence-electron chi connectivity index (χ2n) is 7.73. The maximum atomic E-state index is 4.58. The maximum Gasteiger partial charge on any atom is 0.134 e. The van der Waals surface area contributed by atoms with Crippen LogP contribution in [0.5, 0.6) is 0 Å². The minimum atomic E-state index is 0.650. The molecule has 152 valence electrons. The number of amidine groups is 1. The van der Waals surface area contributed by atoms with Gasteiger partial charge in [0.05, 0.1) is 0 Å². The highest BCUT2D eigenvalue weighted by Crippen LogP contribution is 2.32. The first-order chi connectivity index (χ1) is 13.6. The van der Waals surface area contributed by atoms with E-state index in [-0.39, 0.29) is 0 Å². The predicted octanol–water partition coefficient (Wildman–Crippen LogP) is 5.98. The van der Waals surface area contributed by atoms with Gasteiger partial charge in [-0.2, -0.15) is 11.8 Å². The second-order valence-corrected chi connectivity index (χ2v) is 9.67. The van der Waals surface area contributed by atoms with Crippen LogP contribution in [0.2, 0.25) is 0 Å². The lowest BCUT2D eigenvalue weighted by atomic mass is 9.86. The third-order valence-electron chi connectivity index (χ3n) is 5.86. The number of thioether (sulfide) groups is 1. The molecule has 1 aromatic rings. The fraction of sp³-hybridized carbons (Fsp3) is 0.522. The number of benzene rings is 1. The molecular formula is C23H32BrN3S. The molecule has 0 aromatic heterocycles. The largest absolute Gasteiger partial charge is 0.375 e. The summed E-state index contributed by atoms with van der Waals surface area (Å²) in [4.78, 5) is 7.07. The number of rotatable bonds is 7. The van der Waals surface area contributed by atoms with Gasteiger partial charge in [-0.3, -0.25) is 4.99 Å². The minimum Gasteiger partial charge on any atom is -0.375 e. The smallest absolute Gasteiger partial charge is 0.134 e. The van der Waals surface area contributed by atoms with Crippen molar-refractivity contribution in [3.05, 3.63) is 57.8 Å². The maximum absolute atomic E-state index is 4.58. The van der Waals surface area contributed by atoms with Gasteiger partial charge in [0.25, 0.3) is 0 Å². The van der Waals surface area contributed by atoms with Crippen LogP contribution in [-0.4, -0.2) is 36.1 Å². The van der Waals surface area contributed by atoms with Crippen molar-refractivity contribution in [3.8, 4) is 0 Å². The first-order valence-corrected chi connectivity index (χ1v) is 12.3. The van der Waals surface area contributed by atoms with E-state index in [4.69, 9.17) is 0 Å². The molecule has 1 heterocycles. The molecule has 0 spiro atoms. The Morgan fingerprint density at radius 2 is 1.93 bits per heavy atom. The molecule has 1 N–H and O–H groups in total. The van der Waals surface area contributed by atoms with E-state index in [1.165, 1.54) is 48.3 Å². The van der Waals surface area contributed by atoms with Gasteiger partial charge in [-0.25, -0.2) is 0 Å². The van der Waals surface area contributed by atoms with Gasteiger partial charge in [-0.05, 0) is 75.0 Å². The number of hydrogen-bond donors (Lipinski definition) is 1. The summed E-state index contributed by atoms with van der Waals surface area (Å²) in [5.74, 6) is 4.29. The highest BCUT2D eigenvalue weighted by atomic mass is 79.9. The number of hydrogen-bond acceptors (Lipinski definition) is 3. The van der Waals surface area contributed by atoms with E-state index in [1.54, 1.807) is 0 Å². The Labute approximate surface area is 182 Å². The molecule has 0 radical (unpaired) electrons. The van der Waals surface area contributed by atoms with Gasteiger partial charge < -0.3 is 10.2 Å². The fourth-order valence-corrected chi connectivity index (χ4v) is 5.51. The number of allylic oxidation sites excluding steroid dienone is 1. The van der Waals surface area contributed by atoms with Crippen LogP contribution >= 0.6 is 27.7 Å². The molecule has 3 nitrogen and oxygen atoms in total. The van der Waals surface area contributed by atoms with E-state index in [1.807, 2.05) is 6.20 Å². The normalized spacial score (nSPS) is 25.1. The Balaban J connectivity index is 1.46. The van der Waals surface area contributed by atoms with Crippen molar-refractivity contribution < 1.29 is 0 Å². The Morgan fingerprint density at radius 3 is 2.61 bits per heavy atom. The fourth-order valence-electron chi connectivity index (χ4n) is 4.03. The first kappa shape index (κ1) is 21.5. The molecule has 0 unspecified atom stereocenters. The lowest BCUT2D eigenvalue weighted by Gasteiger charge is -2.37. The van der Waals surface area contributed by atoms with Crippen LogP contribution in [0.1, 0.15) is 45.1 Å². The zero-order chi connectivity index (χ0) is 19.9. The monoisotopic (exact) mass is 461 g/mol. The molecule has 0 atom stereocenters. The van der Waals surface area contributed by atoms with Crippen LogP contribution in [0, 0.1) is 5.92 Å². The Hall–Kier alpha value is -1.20. The summed E-state index contributed by atoms with van der Waals surface area (Å²) in [7, 11) is 2.26. The Bertz CT molecular complexity index is 731. The second kappa shape index (κ2) is 10.5. The molecule has 0 bridgehead atoms. The van der Waals surface area contributed by atoms with Crippen molar-refractivity contribution in [1.82, 2.24) is 10.2 Å². The molecule has 1 saturated carbocycles. The van der Waals surface area contributed by atoms with Crippen molar-refractivity contribution >= 4 is 33.5 Å². The van der Waals surface area contributed by atoms with E-state index in [2.05, 4.69) is 94.1 Å². The van der Waals surface area contributed by atoms with Crippen LogP contribution in [0.4, 0.5) is 0 Å². The van der Waals surface area contributed by atoms with Crippen molar-refractivity contribution in [2.45, 2.75) is 51.3 Å². The minimum absolute atomic E-state index is 0.650. The Kier molecular flexibility index (Phi) is 8.10. The number of nitrogens with one attached hydrogen (secondary N) is 1. The molecule has 1 aliphatic heterocycles. The SMILES string of the molecule is CC/N=C1/NC=C/C1=C(/C)N(C)C1CCC(CSCc2ccc(Br)cc2)CC1. The lowest BCUT2D eigenvalue weighted by Crippen LogP contribution is -2.35. The van der Waals surface area contributed by atoms with Gasteiger partial charge in [0.2, 0.25) is 0 Å². The Morgan fingerprint density at radius 1 is 1.21 bits per heavy atom. The van der Waals surface area contributed by atoms with Gasteiger partial charge >= 0.3 is 0 Å². The molecule has 2 aliphatic rings. The average molecular weight is 463 g/mol. The lowest BCUT2D eigenvalue weighted by molar-refractivity contribution is 0.208. The van der Waals surface area contributed by atoms with E-state index < -0.39 is 0 Å². The summed E-state index contributed by atoms with van der Waals surface area (Å²) < 4.78 is 1.16. The molecule has 1 aliphatic carbocycles. The zero-order valence-corrected chi connectivity index (χ0v) is 19.7. The summed E-state index contributed by atoms with van der Waals surface area (Å²) >= 11 is 5.60. The summed E-state index contributed by atoms with van der Waals surface area (Å²) in [5, 5.41) is 3.27. The molecule has 1 aromatic carbocycles. The molecule has 0 saturated heterocycles. The van der Waals surface area contributed by atoms with Gasteiger partial charge in [-0.15, -0.1) is 0 Å². The van der Waals surface area contributed by atoms with Crippen LogP contribution < -0.4 is 5.32 Å². The molecule has 3 rings (SSSR count). The van der Waals surface area contributed by atoms with Crippen LogP contribution in [0.15, 0.2) is 57.3 Å². The number of halogens is 1. The van der Waals surface area contributed by atoms with Crippen LogP contribution in [-0.2, 0) is 5.75 Å². The van der Waals surface area contributed by atoms with Crippen LogP contribution in [0.3, 0.4) is 0 Å². The third kappa shape index (κ3) is 5.66. The highest BCUT2D eigenvalue weighted by molar-refractivity contribution is 9.10. The topological polar surface area (TPSA) is 27.6 Å². The van der Waals surface area contributed by atoms with Gasteiger partial charge in [-0.1, -0.05) is 28.1 Å². The van der Waals surface area contributed by atoms with E-state index in [9.17, 15) is 0 Å². The molecule has 0 amide bonds. The molecule has 1 fully saturated rings. The van der Waals surface area contributed by atoms with E-state index in [0.29, 0.717) is 6.04 Å². The predicted molar refractivity (Wildman–Crippen MR) is 127 cm³/mol. The summed E-state index contributed by atoms with van der Waals surface area (Å²) in [6, 6.07) is 9.37. The van der Waals surface area contributed by atoms with Gasteiger partial charge in [0, 0.05) is 47.3 Å². The summed E-state index contributed by atoms with van der Waals surface area (Å²) in [6.07, 6.45) is 9.43. The van der Waals surface area contributed by atoms with Crippen molar-refractivity contribution in [1.29, 1.82) is 0 Å².